The molecular weight excluding hydrogens is 364 g/mol. The Morgan fingerprint density at radius 3 is 2.21 bits per heavy atom. The fraction of sp³-hybridized carbons (Fsp3) is 0.667. The SMILES string of the molecule is CCCC[C@@](C)(/C=C/CO[Si](C)(C)C(C)(C)C)COCc1ccc(OC)cc1. The molecule has 0 aliphatic heterocycles. The molecule has 0 aliphatic rings. The average Bonchev–Trinajstić information content (AvgIpc) is 2.63. The van der Waals surface area contributed by atoms with Gasteiger partial charge in [0.1, 0.15) is 5.75 Å². The number of hydrogen-bond acceptors (Lipinski definition) is 3. The average molecular weight is 407 g/mol. The van der Waals surface area contributed by atoms with Crippen molar-refractivity contribution in [1.82, 2.24) is 0 Å². The van der Waals surface area contributed by atoms with E-state index < -0.39 is 8.32 Å². The van der Waals surface area contributed by atoms with Gasteiger partial charge in [-0.05, 0) is 42.2 Å². The van der Waals surface area contributed by atoms with Crippen molar-refractivity contribution in [1.29, 1.82) is 0 Å². The van der Waals surface area contributed by atoms with Crippen molar-refractivity contribution in [2.24, 2.45) is 5.41 Å². The highest BCUT2D eigenvalue weighted by Gasteiger charge is 2.36. The van der Waals surface area contributed by atoms with Gasteiger partial charge in [0, 0.05) is 5.41 Å². The monoisotopic (exact) mass is 406 g/mol. The van der Waals surface area contributed by atoms with Crippen molar-refractivity contribution in [3.8, 4) is 5.75 Å². The van der Waals surface area contributed by atoms with Gasteiger partial charge in [-0.2, -0.15) is 0 Å². The van der Waals surface area contributed by atoms with Gasteiger partial charge in [-0.15, -0.1) is 0 Å². The molecular formula is C24H42O3Si. The van der Waals surface area contributed by atoms with E-state index in [1.165, 1.54) is 18.4 Å². The lowest BCUT2D eigenvalue weighted by Gasteiger charge is -2.36. The maximum absolute atomic E-state index is 6.29. The van der Waals surface area contributed by atoms with Crippen LogP contribution in [0, 0.1) is 5.41 Å². The van der Waals surface area contributed by atoms with Crippen LogP contribution in [0.3, 0.4) is 0 Å². The predicted octanol–water partition coefficient (Wildman–Crippen LogP) is 6.99. The van der Waals surface area contributed by atoms with Crippen molar-refractivity contribution < 1.29 is 13.9 Å². The molecule has 0 radical (unpaired) electrons. The summed E-state index contributed by atoms with van der Waals surface area (Å²) in [6.07, 6.45) is 8.04. The zero-order valence-electron chi connectivity index (χ0n) is 19.4. The molecule has 28 heavy (non-hydrogen) atoms. The minimum absolute atomic E-state index is 0.0409. The van der Waals surface area contributed by atoms with Crippen LogP contribution in [0.5, 0.6) is 5.75 Å². The van der Waals surface area contributed by atoms with Gasteiger partial charge in [-0.3, -0.25) is 0 Å². The molecule has 0 fully saturated rings. The van der Waals surface area contributed by atoms with Crippen LogP contribution in [0.1, 0.15) is 59.4 Å². The fourth-order valence-corrected chi connectivity index (χ4v) is 3.66. The van der Waals surface area contributed by atoms with Crippen LogP contribution in [0.2, 0.25) is 18.1 Å². The lowest BCUT2D eigenvalue weighted by atomic mass is 9.85. The molecule has 1 atom stereocenters. The van der Waals surface area contributed by atoms with Crippen LogP contribution in [-0.2, 0) is 15.8 Å². The van der Waals surface area contributed by atoms with Gasteiger partial charge in [0.2, 0.25) is 0 Å². The summed E-state index contributed by atoms with van der Waals surface area (Å²) in [5.41, 5.74) is 1.21. The molecule has 0 saturated carbocycles. The Hall–Kier alpha value is -1.10. The van der Waals surface area contributed by atoms with E-state index in [9.17, 15) is 0 Å². The Balaban J connectivity index is 2.60. The Bertz CT molecular complexity index is 587. The number of methoxy groups -OCH3 is 1. The second kappa shape index (κ2) is 11.2. The smallest absolute Gasteiger partial charge is 0.192 e. The Morgan fingerprint density at radius 1 is 1.04 bits per heavy atom. The van der Waals surface area contributed by atoms with E-state index >= 15 is 0 Å². The third-order valence-electron chi connectivity index (χ3n) is 5.83. The minimum atomic E-state index is -1.70. The van der Waals surface area contributed by atoms with Crippen LogP contribution in [0.4, 0.5) is 0 Å². The third kappa shape index (κ3) is 8.50. The summed E-state index contributed by atoms with van der Waals surface area (Å²) in [7, 11) is -0.0104. The number of benzene rings is 1. The molecule has 160 valence electrons. The van der Waals surface area contributed by atoms with E-state index in [1.54, 1.807) is 7.11 Å². The standard InChI is InChI=1S/C24H42O3Si/c1-9-10-16-24(5,17-11-18-27-28(7,8)23(2,3)4)20-26-19-21-12-14-22(25-6)15-13-21/h11-15,17H,9-10,16,18-20H2,1-8H3/b17-11+/t24-/m0/s1. The molecule has 0 aliphatic carbocycles. The van der Waals surface area contributed by atoms with Gasteiger partial charge in [0.25, 0.3) is 0 Å². The van der Waals surface area contributed by atoms with E-state index in [0.29, 0.717) is 13.2 Å². The van der Waals surface area contributed by atoms with Crippen LogP contribution < -0.4 is 4.74 Å². The summed E-state index contributed by atoms with van der Waals surface area (Å²) >= 11 is 0. The van der Waals surface area contributed by atoms with E-state index in [2.05, 4.69) is 72.0 Å². The second-order valence-corrected chi connectivity index (χ2v) is 14.4. The summed E-state index contributed by atoms with van der Waals surface area (Å²) in [6.45, 7) is 18.0. The van der Waals surface area contributed by atoms with Gasteiger partial charge in [-0.1, -0.05) is 71.7 Å². The first-order valence-electron chi connectivity index (χ1n) is 10.6. The zero-order valence-corrected chi connectivity index (χ0v) is 20.4. The number of hydrogen-bond donors (Lipinski definition) is 0. The van der Waals surface area contributed by atoms with Crippen molar-refractivity contribution in [2.45, 2.75) is 78.6 Å². The van der Waals surface area contributed by atoms with Crippen molar-refractivity contribution >= 4 is 8.32 Å². The quantitative estimate of drug-likeness (QED) is 0.277. The number of rotatable bonds is 12. The van der Waals surface area contributed by atoms with Gasteiger partial charge >= 0.3 is 0 Å². The summed E-state index contributed by atoms with van der Waals surface area (Å²) in [5.74, 6) is 0.876. The maximum Gasteiger partial charge on any atom is 0.192 e. The normalized spacial score (nSPS) is 15.0. The molecule has 0 amide bonds. The molecule has 1 aromatic rings. The Labute approximate surface area is 174 Å². The Kier molecular flexibility index (Phi) is 9.95. The molecule has 0 unspecified atom stereocenters. The lowest BCUT2D eigenvalue weighted by Crippen LogP contribution is -2.40. The van der Waals surface area contributed by atoms with Crippen LogP contribution >= 0.6 is 0 Å². The van der Waals surface area contributed by atoms with Gasteiger partial charge in [0.15, 0.2) is 8.32 Å². The van der Waals surface area contributed by atoms with Gasteiger partial charge in [0.05, 0.1) is 26.9 Å². The van der Waals surface area contributed by atoms with Gasteiger partial charge in [-0.25, -0.2) is 0 Å². The number of ether oxygens (including phenoxy) is 2. The summed E-state index contributed by atoms with van der Waals surface area (Å²) in [5, 5.41) is 0.244. The highest BCUT2D eigenvalue weighted by molar-refractivity contribution is 6.74. The van der Waals surface area contributed by atoms with Crippen LogP contribution in [-0.4, -0.2) is 28.6 Å². The first kappa shape index (κ1) is 24.9. The minimum Gasteiger partial charge on any atom is -0.497 e. The van der Waals surface area contributed by atoms with Gasteiger partial charge < -0.3 is 13.9 Å². The third-order valence-corrected chi connectivity index (χ3v) is 10.3. The summed E-state index contributed by atoms with van der Waals surface area (Å²) in [4.78, 5) is 0. The first-order chi connectivity index (χ1) is 13.0. The topological polar surface area (TPSA) is 27.7 Å². The molecule has 3 nitrogen and oxygen atoms in total. The molecule has 0 heterocycles. The zero-order chi connectivity index (χ0) is 21.3. The molecule has 0 aromatic heterocycles. The molecule has 0 spiro atoms. The molecule has 1 aromatic carbocycles. The van der Waals surface area contributed by atoms with Crippen molar-refractivity contribution in [2.75, 3.05) is 20.3 Å². The van der Waals surface area contributed by atoms with E-state index in [-0.39, 0.29) is 10.5 Å². The molecule has 4 heteroatoms. The maximum atomic E-state index is 6.29. The largest absolute Gasteiger partial charge is 0.497 e. The highest BCUT2D eigenvalue weighted by atomic mass is 28.4. The van der Waals surface area contributed by atoms with Crippen molar-refractivity contribution in [3.05, 3.63) is 42.0 Å². The molecule has 1 rings (SSSR count). The van der Waals surface area contributed by atoms with Crippen molar-refractivity contribution in [3.63, 3.8) is 0 Å². The Morgan fingerprint density at radius 2 is 1.68 bits per heavy atom. The molecule has 0 bridgehead atoms. The summed E-state index contributed by atoms with van der Waals surface area (Å²) in [6, 6.07) is 8.08. The fourth-order valence-electron chi connectivity index (χ4n) is 2.71. The van der Waals surface area contributed by atoms with Crippen LogP contribution in [0.15, 0.2) is 36.4 Å². The highest BCUT2D eigenvalue weighted by Crippen LogP contribution is 2.36. The van der Waals surface area contributed by atoms with E-state index in [4.69, 9.17) is 13.9 Å². The van der Waals surface area contributed by atoms with E-state index in [0.717, 1.165) is 18.8 Å². The van der Waals surface area contributed by atoms with E-state index in [1.807, 2.05) is 12.1 Å². The second-order valence-electron chi connectivity index (χ2n) is 9.57. The molecule has 0 saturated heterocycles. The lowest BCUT2D eigenvalue weighted by molar-refractivity contribution is 0.0593. The number of unbranched alkanes of at least 4 members (excludes halogenated alkanes) is 1. The summed E-state index contributed by atoms with van der Waals surface area (Å²) < 4.78 is 17.6. The van der Waals surface area contributed by atoms with Crippen LogP contribution in [0.25, 0.3) is 0 Å². The molecule has 0 N–H and O–H groups in total. The first-order valence-corrected chi connectivity index (χ1v) is 13.5. The predicted molar refractivity (Wildman–Crippen MR) is 123 cm³/mol.